The first-order chi connectivity index (χ1) is 5.77. The van der Waals surface area contributed by atoms with Crippen molar-refractivity contribution in [3.05, 3.63) is 45.2 Å². The van der Waals surface area contributed by atoms with Crippen LogP contribution < -0.4 is 17.5 Å². The summed E-state index contributed by atoms with van der Waals surface area (Å²) < 4.78 is 4.32. The second kappa shape index (κ2) is 3.24. The number of hydrogen-bond acceptors (Lipinski definition) is 4. The molecule has 0 unspecified atom stereocenters. The Morgan fingerprint density at radius 2 is 1.85 bits per heavy atom. The Kier molecular flexibility index (Phi) is 2.29. The highest BCUT2D eigenvalue weighted by Crippen LogP contribution is 2.01. The smallest absolute Gasteiger partial charge is 0.372 e. The zero-order valence-corrected chi connectivity index (χ0v) is 6.74. The number of benzene rings is 1. The van der Waals surface area contributed by atoms with E-state index in [9.17, 15) is 9.59 Å². The molecular weight excluding hydrogens is 172 g/mol. The maximum atomic E-state index is 11.0. The average Bonchev–Trinajstić information content (AvgIpc) is 2.04. The first-order valence-corrected chi connectivity index (χ1v) is 3.39. The van der Waals surface area contributed by atoms with Gasteiger partial charge in [-0.25, -0.2) is 9.59 Å². The summed E-state index contributed by atoms with van der Waals surface area (Å²) in [5.74, 6) is -0.723. The van der Waals surface area contributed by atoms with Crippen LogP contribution in [0.15, 0.2) is 38.3 Å². The number of nitrogens with one attached hydrogen (secondary N) is 1. The Bertz CT molecular complexity index is 526. The molecule has 13 heavy (non-hydrogen) atoms. The van der Waals surface area contributed by atoms with Gasteiger partial charge in [-0.05, 0) is 12.1 Å². The third-order valence-electron chi connectivity index (χ3n) is 1.57. The van der Waals surface area contributed by atoms with Gasteiger partial charge in [-0.2, -0.15) is 0 Å². The van der Waals surface area contributed by atoms with Gasteiger partial charge >= 0.3 is 11.4 Å². The third kappa shape index (κ3) is 1.50. The molecule has 2 rings (SSSR count). The van der Waals surface area contributed by atoms with E-state index >= 15 is 0 Å². The molecule has 5 heteroatoms. The summed E-state index contributed by atoms with van der Waals surface area (Å²) in [5, 5.41) is 0.386. The molecule has 0 spiro atoms. The second-order valence-corrected chi connectivity index (χ2v) is 2.35. The van der Waals surface area contributed by atoms with E-state index in [0.29, 0.717) is 10.9 Å². The zero-order valence-electron chi connectivity index (χ0n) is 6.74. The van der Waals surface area contributed by atoms with Crippen LogP contribution in [-0.4, -0.2) is 4.98 Å². The molecule has 1 heterocycles. The van der Waals surface area contributed by atoms with Crippen molar-refractivity contribution in [1.29, 1.82) is 0 Å². The van der Waals surface area contributed by atoms with E-state index in [4.69, 9.17) is 0 Å². The van der Waals surface area contributed by atoms with Gasteiger partial charge < -0.3 is 10.6 Å². The van der Waals surface area contributed by atoms with Crippen LogP contribution in [0.5, 0.6) is 0 Å². The predicted octanol–water partition coefficient (Wildman–Crippen LogP) is 0.643. The molecule has 2 aromatic rings. The largest absolute Gasteiger partial charge is 0.419 e. The molecule has 0 fully saturated rings. The van der Waals surface area contributed by atoms with Crippen molar-refractivity contribution in [1.82, 2.24) is 11.1 Å². The fraction of sp³-hybridized carbons (Fsp3) is 0. The van der Waals surface area contributed by atoms with Gasteiger partial charge in [0, 0.05) is 0 Å². The maximum Gasteiger partial charge on any atom is 0.419 e. The van der Waals surface area contributed by atoms with E-state index in [-0.39, 0.29) is 6.15 Å². The lowest BCUT2D eigenvalue weighted by atomic mass is 10.2. The molecule has 68 valence electrons. The van der Waals surface area contributed by atoms with E-state index in [1.807, 2.05) is 0 Å². The molecule has 0 amide bonds. The highest BCUT2D eigenvalue weighted by atomic mass is 16.4. The molecular formula is C8H8N2O3. The fourth-order valence-corrected chi connectivity index (χ4v) is 1.04. The summed E-state index contributed by atoms with van der Waals surface area (Å²) in [6.45, 7) is 0. The van der Waals surface area contributed by atoms with Crippen LogP contribution in [0.1, 0.15) is 0 Å². The van der Waals surface area contributed by atoms with E-state index < -0.39 is 11.4 Å². The molecule has 0 saturated carbocycles. The topological polar surface area (TPSA) is 98.1 Å². The average molecular weight is 180 g/mol. The SMILES string of the molecule is N.O=c1[nH]c2ccccc2c(=O)o1. The van der Waals surface area contributed by atoms with Crippen LogP contribution in [0.3, 0.4) is 0 Å². The fourth-order valence-electron chi connectivity index (χ4n) is 1.04. The van der Waals surface area contributed by atoms with Crippen molar-refractivity contribution >= 4 is 10.9 Å². The van der Waals surface area contributed by atoms with Crippen molar-refractivity contribution in [2.24, 2.45) is 0 Å². The van der Waals surface area contributed by atoms with E-state index in [0.717, 1.165) is 0 Å². The minimum absolute atomic E-state index is 0. The summed E-state index contributed by atoms with van der Waals surface area (Å²) >= 11 is 0. The molecule has 0 bridgehead atoms. The van der Waals surface area contributed by atoms with Gasteiger partial charge in [0.2, 0.25) is 0 Å². The van der Waals surface area contributed by atoms with Crippen molar-refractivity contribution in [2.45, 2.75) is 0 Å². The Labute approximate surface area is 72.6 Å². The molecule has 0 radical (unpaired) electrons. The first-order valence-electron chi connectivity index (χ1n) is 3.39. The summed E-state index contributed by atoms with van der Waals surface area (Å²) in [6, 6.07) is 6.68. The van der Waals surface area contributed by atoms with Gasteiger partial charge in [0.05, 0.1) is 10.9 Å². The number of rotatable bonds is 0. The Balaban J connectivity index is 0.000000845. The minimum Gasteiger partial charge on any atom is -0.372 e. The molecule has 0 aliphatic rings. The molecule has 0 aliphatic carbocycles. The van der Waals surface area contributed by atoms with Gasteiger partial charge in [0.1, 0.15) is 0 Å². The Morgan fingerprint density at radius 1 is 1.15 bits per heavy atom. The molecule has 5 nitrogen and oxygen atoms in total. The zero-order chi connectivity index (χ0) is 8.55. The highest BCUT2D eigenvalue weighted by Gasteiger charge is 1.98. The number of para-hydroxylation sites is 1. The van der Waals surface area contributed by atoms with Crippen LogP contribution in [0, 0.1) is 0 Å². The summed E-state index contributed by atoms with van der Waals surface area (Å²) in [6.07, 6.45) is 0. The maximum absolute atomic E-state index is 11.0. The van der Waals surface area contributed by atoms with E-state index in [1.165, 1.54) is 0 Å². The van der Waals surface area contributed by atoms with Gasteiger partial charge in [-0.15, -0.1) is 0 Å². The van der Waals surface area contributed by atoms with Crippen LogP contribution >= 0.6 is 0 Å². The second-order valence-electron chi connectivity index (χ2n) is 2.35. The monoisotopic (exact) mass is 180 g/mol. The van der Waals surface area contributed by atoms with Crippen LogP contribution in [0.2, 0.25) is 0 Å². The van der Waals surface area contributed by atoms with Gasteiger partial charge in [0.15, 0.2) is 0 Å². The quantitative estimate of drug-likeness (QED) is 0.621. The molecule has 1 aromatic carbocycles. The standard InChI is InChI=1S/C8H5NO3.H3N/c10-7-5-3-1-2-4-6(5)9-8(11)12-7;/h1-4H,(H,9,11);1H3. The lowest BCUT2D eigenvalue weighted by Crippen LogP contribution is -2.13. The van der Waals surface area contributed by atoms with Gasteiger partial charge in [-0.3, -0.25) is 4.98 Å². The molecule has 0 saturated heterocycles. The third-order valence-corrected chi connectivity index (χ3v) is 1.57. The van der Waals surface area contributed by atoms with Gasteiger partial charge in [0.25, 0.3) is 0 Å². The Hall–Kier alpha value is -1.88. The van der Waals surface area contributed by atoms with Crippen LogP contribution in [0.4, 0.5) is 0 Å². The van der Waals surface area contributed by atoms with Gasteiger partial charge in [-0.1, -0.05) is 12.1 Å². The number of fused-ring (bicyclic) bond motifs is 1. The number of aromatic nitrogens is 1. The number of aromatic amines is 1. The van der Waals surface area contributed by atoms with Crippen molar-refractivity contribution in [3.63, 3.8) is 0 Å². The molecule has 4 N–H and O–H groups in total. The first kappa shape index (κ1) is 9.21. The lowest BCUT2D eigenvalue weighted by Gasteiger charge is -1.91. The molecule has 0 aliphatic heterocycles. The summed E-state index contributed by atoms with van der Waals surface area (Å²) in [5.41, 5.74) is -0.104. The summed E-state index contributed by atoms with van der Waals surface area (Å²) in [7, 11) is 0. The van der Waals surface area contributed by atoms with E-state index in [1.54, 1.807) is 24.3 Å². The lowest BCUT2D eigenvalue weighted by molar-refractivity contribution is 0.460. The molecule has 0 atom stereocenters. The highest BCUT2D eigenvalue weighted by molar-refractivity contribution is 5.76. The van der Waals surface area contributed by atoms with E-state index in [2.05, 4.69) is 9.40 Å². The Morgan fingerprint density at radius 3 is 2.62 bits per heavy atom. The predicted molar refractivity (Wildman–Crippen MR) is 48.1 cm³/mol. The van der Waals surface area contributed by atoms with Crippen LogP contribution in [-0.2, 0) is 0 Å². The normalized spacial score (nSPS) is 9.54. The molecule has 1 aromatic heterocycles. The summed E-state index contributed by atoms with van der Waals surface area (Å²) in [4.78, 5) is 24.1. The number of H-pyrrole nitrogens is 1. The van der Waals surface area contributed by atoms with Crippen molar-refractivity contribution in [3.8, 4) is 0 Å². The van der Waals surface area contributed by atoms with Crippen molar-refractivity contribution in [2.75, 3.05) is 0 Å². The van der Waals surface area contributed by atoms with Crippen LogP contribution in [0.25, 0.3) is 10.9 Å². The minimum atomic E-state index is -0.723. The van der Waals surface area contributed by atoms with Crippen molar-refractivity contribution < 1.29 is 4.42 Å². The number of hydrogen-bond donors (Lipinski definition) is 2.